The van der Waals surface area contributed by atoms with Crippen molar-refractivity contribution in [2.24, 2.45) is 7.05 Å². The minimum Gasteiger partial charge on any atom is -0.324 e. The zero-order valence-electron chi connectivity index (χ0n) is 10.2. The molecule has 1 N–H and O–H groups in total. The van der Waals surface area contributed by atoms with E-state index in [0.29, 0.717) is 11.6 Å². The molecule has 2 aromatic rings. The molecule has 0 aliphatic carbocycles. The second-order valence-electron chi connectivity index (χ2n) is 4.13. The number of halogens is 4. The molecule has 0 aliphatic rings. The van der Waals surface area contributed by atoms with Crippen molar-refractivity contribution in [1.82, 2.24) is 9.55 Å². The molecule has 102 valence electrons. The lowest BCUT2D eigenvalue weighted by Gasteiger charge is -2.11. The van der Waals surface area contributed by atoms with Crippen LogP contribution in [0.1, 0.15) is 11.3 Å². The SMILES string of the molecule is Cc1cn(C)c(Nc2ccc(C(F)(F)F)cc2Cl)n1. The summed E-state index contributed by atoms with van der Waals surface area (Å²) in [6, 6.07) is 3.15. The van der Waals surface area contributed by atoms with Gasteiger partial charge >= 0.3 is 6.18 Å². The number of nitrogens with zero attached hydrogens (tertiary/aromatic N) is 2. The normalized spacial score (nSPS) is 11.7. The van der Waals surface area contributed by atoms with Gasteiger partial charge in [0.05, 0.1) is 22.0 Å². The predicted octanol–water partition coefficient (Wildman–Crippen LogP) is 4.14. The van der Waals surface area contributed by atoms with E-state index in [0.717, 1.165) is 17.8 Å². The number of imidazole rings is 1. The monoisotopic (exact) mass is 289 g/mol. The van der Waals surface area contributed by atoms with Crippen LogP contribution < -0.4 is 5.32 Å². The Morgan fingerprint density at radius 3 is 2.47 bits per heavy atom. The second-order valence-corrected chi connectivity index (χ2v) is 4.54. The third-order valence-corrected chi connectivity index (χ3v) is 2.85. The van der Waals surface area contributed by atoms with E-state index < -0.39 is 11.7 Å². The van der Waals surface area contributed by atoms with E-state index in [1.807, 2.05) is 6.92 Å². The third kappa shape index (κ3) is 3.01. The lowest BCUT2D eigenvalue weighted by molar-refractivity contribution is -0.137. The average Bonchev–Trinajstić information content (AvgIpc) is 2.59. The molecule has 0 saturated heterocycles. The van der Waals surface area contributed by atoms with Gasteiger partial charge in [-0.05, 0) is 25.1 Å². The van der Waals surface area contributed by atoms with E-state index in [1.165, 1.54) is 6.07 Å². The van der Waals surface area contributed by atoms with E-state index >= 15 is 0 Å². The Hall–Kier alpha value is -1.69. The number of hydrogen-bond acceptors (Lipinski definition) is 2. The number of benzene rings is 1. The molecule has 3 nitrogen and oxygen atoms in total. The molecule has 0 spiro atoms. The van der Waals surface area contributed by atoms with E-state index in [4.69, 9.17) is 11.6 Å². The summed E-state index contributed by atoms with van der Waals surface area (Å²) in [7, 11) is 1.78. The van der Waals surface area contributed by atoms with Crippen LogP contribution in [0, 0.1) is 6.92 Å². The van der Waals surface area contributed by atoms with Gasteiger partial charge in [-0.25, -0.2) is 4.98 Å². The van der Waals surface area contributed by atoms with E-state index in [-0.39, 0.29) is 5.02 Å². The summed E-state index contributed by atoms with van der Waals surface area (Å²) < 4.78 is 39.2. The smallest absolute Gasteiger partial charge is 0.324 e. The number of anilines is 2. The number of aromatic nitrogens is 2. The molecule has 7 heteroatoms. The third-order valence-electron chi connectivity index (χ3n) is 2.54. The van der Waals surface area contributed by atoms with Crippen LogP contribution in [0.5, 0.6) is 0 Å². The zero-order chi connectivity index (χ0) is 14.2. The Balaban J connectivity index is 2.30. The van der Waals surface area contributed by atoms with Gasteiger partial charge in [0, 0.05) is 13.2 Å². The van der Waals surface area contributed by atoms with Gasteiger partial charge in [0.1, 0.15) is 0 Å². The first-order chi connectivity index (χ1) is 8.77. The van der Waals surface area contributed by atoms with Crippen LogP contribution in [-0.2, 0) is 13.2 Å². The maximum Gasteiger partial charge on any atom is 0.416 e. The number of rotatable bonds is 2. The molecule has 2 rings (SSSR count). The highest BCUT2D eigenvalue weighted by molar-refractivity contribution is 6.33. The summed E-state index contributed by atoms with van der Waals surface area (Å²) >= 11 is 5.84. The molecule has 1 aromatic carbocycles. The summed E-state index contributed by atoms with van der Waals surface area (Å²) in [5.74, 6) is 0.513. The first kappa shape index (κ1) is 13.7. The topological polar surface area (TPSA) is 29.9 Å². The molecule has 1 aromatic heterocycles. The quantitative estimate of drug-likeness (QED) is 0.900. The summed E-state index contributed by atoms with van der Waals surface area (Å²) in [6.07, 6.45) is -2.61. The Morgan fingerprint density at radius 1 is 1.32 bits per heavy atom. The van der Waals surface area contributed by atoms with Crippen molar-refractivity contribution in [3.05, 3.63) is 40.7 Å². The van der Waals surface area contributed by atoms with Gasteiger partial charge in [-0.15, -0.1) is 0 Å². The molecule has 19 heavy (non-hydrogen) atoms. The van der Waals surface area contributed by atoms with Gasteiger partial charge in [0.15, 0.2) is 0 Å². The van der Waals surface area contributed by atoms with Gasteiger partial charge in [0.25, 0.3) is 0 Å². The van der Waals surface area contributed by atoms with Crippen molar-refractivity contribution >= 4 is 23.2 Å². The van der Waals surface area contributed by atoms with Crippen molar-refractivity contribution in [2.75, 3.05) is 5.32 Å². The van der Waals surface area contributed by atoms with Crippen LogP contribution in [0.4, 0.5) is 24.8 Å². The van der Waals surface area contributed by atoms with Gasteiger partial charge in [-0.1, -0.05) is 11.6 Å². The molecule has 0 unspecified atom stereocenters. The first-order valence-electron chi connectivity index (χ1n) is 5.41. The zero-order valence-corrected chi connectivity index (χ0v) is 11.0. The Kier molecular flexibility index (Phi) is 3.45. The van der Waals surface area contributed by atoms with Crippen molar-refractivity contribution in [3.63, 3.8) is 0 Å². The summed E-state index contributed by atoms with van der Waals surface area (Å²) in [4.78, 5) is 4.19. The van der Waals surface area contributed by atoms with Crippen molar-refractivity contribution in [3.8, 4) is 0 Å². The Labute approximate surface area is 113 Å². The number of hydrogen-bond donors (Lipinski definition) is 1. The van der Waals surface area contributed by atoms with Crippen LogP contribution in [0.15, 0.2) is 24.4 Å². The highest BCUT2D eigenvalue weighted by atomic mass is 35.5. The van der Waals surface area contributed by atoms with E-state index in [9.17, 15) is 13.2 Å². The lowest BCUT2D eigenvalue weighted by Crippen LogP contribution is -2.05. The maximum atomic E-state index is 12.5. The highest BCUT2D eigenvalue weighted by Crippen LogP contribution is 2.34. The van der Waals surface area contributed by atoms with Crippen molar-refractivity contribution < 1.29 is 13.2 Å². The molecule has 0 radical (unpaired) electrons. The summed E-state index contributed by atoms with van der Waals surface area (Å²) in [6.45, 7) is 1.82. The summed E-state index contributed by atoms with van der Waals surface area (Å²) in [5, 5.41) is 2.89. The molecule has 0 atom stereocenters. The molecular formula is C12H11ClF3N3. The Bertz CT molecular complexity index is 605. The fourth-order valence-electron chi connectivity index (χ4n) is 1.65. The molecule has 0 bridgehead atoms. The average molecular weight is 290 g/mol. The summed E-state index contributed by atoms with van der Waals surface area (Å²) in [5.41, 5.74) is 0.399. The van der Waals surface area contributed by atoms with Crippen molar-refractivity contribution in [2.45, 2.75) is 13.1 Å². The van der Waals surface area contributed by atoms with Crippen LogP contribution in [0.2, 0.25) is 5.02 Å². The molecular weight excluding hydrogens is 279 g/mol. The largest absolute Gasteiger partial charge is 0.416 e. The number of alkyl halides is 3. The number of aryl methyl sites for hydroxylation is 2. The standard InChI is InChI=1S/C12H11ClF3N3/c1-7-6-19(2)11(17-7)18-10-4-3-8(5-9(10)13)12(14,15)16/h3-6H,1-2H3,(H,17,18). The molecule has 0 fully saturated rings. The van der Waals surface area contributed by atoms with Crippen LogP contribution in [-0.4, -0.2) is 9.55 Å². The van der Waals surface area contributed by atoms with Gasteiger partial charge < -0.3 is 9.88 Å². The van der Waals surface area contributed by atoms with Gasteiger partial charge in [-0.2, -0.15) is 13.2 Å². The molecule has 0 saturated carbocycles. The fourth-order valence-corrected chi connectivity index (χ4v) is 1.87. The second kappa shape index (κ2) is 4.77. The van der Waals surface area contributed by atoms with Crippen molar-refractivity contribution in [1.29, 1.82) is 0 Å². The predicted molar refractivity (Wildman–Crippen MR) is 67.7 cm³/mol. The molecule has 1 heterocycles. The molecule has 0 aliphatic heterocycles. The molecule has 0 amide bonds. The maximum absolute atomic E-state index is 12.5. The highest BCUT2D eigenvalue weighted by Gasteiger charge is 2.30. The van der Waals surface area contributed by atoms with Crippen LogP contribution >= 0.6 is 11.6 Å². The van der Waals surface area contributed by atoms with Gasteiger partial charge in [-0.3, -0.25) is 0 Å². The lowest BCUT2D eigenvalue weighted by atomic mass is 10.2. The van der Waals surface area contributed by atoms with Crippen LogP contribution in [0.3, 0.4) is 0 Å². The fraction of sp³-hybridized carbons (Fsp3) is 0.250. The van der Waals surface area contributed by atoms with E-state index in [1.54, 1.807) is 17.8 Å². The van der Waals surface area contributed by atoms with Crippen LogP contribution in [0.25, 0.3) is 0 Å². The first-order valence-corrected chi connectivity index (χ1v) is 5.79. The minimum atomic E-state index is -4.40. The van der Waals surface area contributed by atoms with Gasteiger partial charge in [0.2, 0.25) is 5.95 Å². The Morgan fingerprint density at radius 2 is 2.00 bits per heavy atom. The number of nitrogens with one attached hydrogen (secondary N) is 1. The minimum absolute atomic E-state index is 0.00419. The van der Waals surface area contributed by atoms with E-state index in [2.05, 4.69) is 10.3 Å².